The normalized spacial score (nSPS) is 24.6. The molecular formula is C19H30BNO2. The maximum Gasteiger partial charge on any atom is 0.494 e. The van der Waals surface area contributed by atoms with Crippen LogP contribution in [0.5, 0.6) is 0 Å². The third kappa shape index (κ3) is 3.81. The van der Waals surface area contributed by atoms with Crippen molar-refractivity contribution in [3.05, 3.63) is 29.8 Å². The molecule has 0 bridgehead atoms. The molecule has 0 unspecified atom stereocenters. The Bertz CT molecular complexity index is 503. The van der Waals surface area contributed by atoms with Crippen LogP contribution in [0.2, 0.25) is 0 Å². The minimum Gasteiger partial charge on any atom is -0.399 e. The highest BCUT2D eigenvalue weighted by Gasteiger charge is 2.51. The van der Waals surface area contributed by atoms with E-state index < -0.39 is 0 Å². The van der Waals surface area contributed by atoms with Crippen molar-refractivity contribution in [1.82, 2.24) is 4.90 Å². The van der Waals surface area contributed by atoms with Crippen molar-refractivity contribution in [2.45, 2.75) is 71.1 Å². The monoisotopic (exact) mass is 315 g/mol. The van der Waals surface area contributed by atoms with Gasteiger partial charge >= 0.3 is 7.12 Å². The zero-order chi connectivity index (χ0) is 16.5. The van der Waals surface area contributed by atoms with E-state index >= 15 is 0 Å². The number of benzene rings is 1. The summed E-state index contributed by atoms with van der Waals surface area (Å²) in [7, 11) is -0.257. The van der Waals surface area contributed by atoms with Crippen LogP contribution in [0.15, 0.2) is 24.3 Å². The number of hydrogen-bond acceptors (Lipinski definition) is 3. The highest BCUT2D eigenvalue weighted by molar-refractivity contribution is 6.62. The van der Waals surface area contributed by atoms with Crippen LogP contribution in [-0.2, 0) is 15.9 Å². The van der Waals surface area contributed by atoms with Crippen LogP contribution in [0.3, 0.4) is 0 Å². The number of hydrogen-bond donors (Lipinski definition) is 0. The van der Waals surface area contributed by atoms with Gasteiger partial charge in [-0.3, -0.25) is 4.90 Å². The van der Waals surface area contributed by atoms with Gasteiger partial charge in [0.2, 0.25) is 0 Å². The average molecular weight is 315 g/mol. The molecular weight excluding hydrogens is 285 g/mol. The van der Waals surface area contributed by atoms with Crippen LogP contribution in [0.4, 0.5) is 0 Å². The maximum absolute atomic E-state index is 6.12. The minimum absolute atomic E-state index is 0.257. The van der Waals surface area contributed by atoms with Crippen molar-refractivity contribution in [3.8, 4) is 0 Å². The zero-order valence-corrected chi connectivity index (χ0v) is 15.1. The first-order valence-corrected chi connectivity index (χ1v) is 9.04. The highest BCUT2D eigenvalue weighted by atomic mass is 16.7. The fraction of sp³-hybridized carbons (Fsp3) is 0.684. The largest absolute Gasteiger partial charge is 0.494 e. The summed E-state index contributed by atoms with van der Waals surface area (Å²) in [6, 6.07) is 8.78. The third-order valence-corrected chi connectivity index (χ3v) is 5.61. The van der Waals surface area contributed by atoms with E-state index in [1.165, 1.54) is 44.3 Å². The van der Waals surface area contributed by atoms with E-state index in [1.54, 1.807) is 0 Å². The predicted molar refractivity (Wildman–Crippen MR) is 95.9 cm³/mol. The van der Waals surface area contributed by atoms with E-state index in [0.717, 1.165) is 12.0 Å². The number of likely N-dealkylation sites (tertiary alicyclic amines) is 1. The van der Waals surface area contributed by atoms with E-state index in [4.69, 9.17) is 9.31 Å². The quantitative estimate of drug-likeness (QED) is 0.798. The van der Waals surface area contributed by atoms with E-state index in [-0.39, 0.29) is 18.3 Å². The first kappa shape index (κ1) is 17.0. The molecule has 2 heterocycles. The smallest absolute Gasteiger partial charge is 0.399 e. The van der Waals surface area contributed by atoms with Gasteiger partial charge in [0.1, 0.15) is 0 Å². The molecule has 1 aromatic rings. The summed E-state index contributed by atoms with van der Waals surface area (Å²) in [5.41, 5.74) is 1.94. The van der Waals surface area contributed by atoms with E-state index in [9.17, 15) is 0 Å². The van der Waals surface area contributed by atoms with Crippen LogP contribution in [0, 0.1) is 0 Å². The Morgan fingerprint density at radius 2 is 1.39 bits per heavy atom. The fourth-order valence-corrected chi connectivity index (χ4v) is 3.31. The molecule has 1 aromatic carbocycles. The minimum atomic E-state index is -0.275. The lowest BCUT2D eigenvalue weighted by Gasteiger charge is -2.32. The van der Waals surface area contributed by atoms with Gasteiger partial charge in [0.25, 0.3) is 0 Å². The average Bonchev–Trinajstić information content (AvgIpc) is 2.67. The molecule has 126 valence electrons. The first-order valence-electron chi connectivity index (χ1n) is 9.04. The summed E-state index contributed by atoms with van der Waals surface area (Å²) in [5.74, 6) is 0. The van der Waals surface area contributed by atoms with Crippen LogP contribution in [0.25, 0.3) is 0 Å². The third-order valence-electron chi connectivity index (χ3n) is 5.61. The molecule has 0 aromatic heterocycles. The SMILES string of the molecule is CC1(C)OB(c2ccc(CN3CCCCCC3)cc2)OC1(C)C. The van der Waals surface area contributed by atoms with Crippen molar-refractivity contribution in [2.75, 3.05) is 13.1 Å². The van der Waals surface area contributed by atoms with Crippen LogP contribution in [-0.4, -0.2) is 36.3 Å². The Labute approximate surface area is 141 Å². The lowest BCUT2D eigenvalue weighted by atomic mass is 9.79. The second kappa shape index (κ2) is 6.58. The Kier molecular flexibility index (Phi) is 4.86. The molecule has 2 aliphatic heterocycles. The molecule has 2 saturated heterocycles. The number of rotatable bonds is 3. The topological polar surface area (TPSA) is 21.7 Å². The van der Waals surface area contributed by atoms with E-state index in [2.05, 4.69) is 56.9 Å². The van der Waals surface area contributed by atoms with E-state index in [0.29, 0.717) is 0 Å². The maximum atomic E-state index is 6.12. The van der Waals surface area contributed by atoms with Gasteiger partial charge in [0.05, 0.1) is 11.2 Å². The molecule has 0 N–H and O–H groups in total. The zero-order valence-electron chi connectivity index (χ0n) is 15.1. The van der Waals surface area contributed by atoms with Crippen molar-refractivity contribution in [2.24, 2.45) is 0 Å². The van der Waals surface area contributed by atoms with Crippen molar-refractivity contribution in [3.63, 3.8) is 0 Å². The molecule has 3 nitrogen and oxygen atoms in total. The molecule has 0 radical (unpaired) electrons. The summed E-state index contributed by atoms with van der Waals surface area (Å²) in [6.45, 7) is 11.9. The second-order valence-electron chi connectivity index (χ2n) is 8.02. The Morgan fingerprint density at radius 3 is 1.91 bits per heavy atom. The molecule has 3 rings (SSSR count). The van der Waals surface area contributed by atoms with Crippen LogP contribution in [0.1, 0.15) is 58.9 Å². The Hall–Kier alpha value is -0.835. The molecule has 0 atom stereocenters. The molecule has 0 aliphatic carbocycles. The van der Waals surface area contributed by atoms with Gasteiger partial charge in [-0.15, -0.1) is 0 Å². The van der Waals surface area contributed by atoms with E-state index in [1.807, 2.05) is 0 Å². The molecule has 2 fully saturated rings. The molecule has 23 heavy (non-hydrogen) atoms. The van der Waals surface area contributed by atoms with Gasteiger partial charge in [-0.05, 0) is 64.7 Å². The fourth-order valence-electron chi connectivity index (χ4n) is 3.31. The molecule has 2 aliphatic rings. The molecule has 0 amide bonds. The first-order chi connectivity index (χ1) is 10.9. The lowest BCUT2D eigenvalue weighted by Crippen LogP contribution is -2.41. The van der Waals surface area contributed by atoms with Crippen LogP contribution >= 0.6 is 0 Å². The number of nitrogens with zero attached hydrogens (tertiary/aromatic N) is 1. The van der Waals surface area contributed by atoms with Gasteiger partial charge in [-0.2, -0.15) is 0 Å². The Morgan fingerprint density at radius 1 is 0.870 bits per heavy atom. The second-order valence-corrected chi connectivity index (χ2v) is 8.02. The molecule has 0 saturated carbocycles. The summed E-state index contributed by atoms with van der Waals surface area (Å²) in [6.07, 6.45) is 5.45. The Balaban J connectivity index is 1.63. The van der Waals surface area contributed by atoms with Gasteiger partial charge in [0.15, 0.2) is 0 Å². The molecule has 4 heteroatoms. The summed E-state index contributed by atoms with van der Waals surface area (Å²) in [5, 5.41) is 0. The van der Waals surface area contributed by atoms with Crippen molar-refractivity contribution in [1.29, 1.82) is 0 Å². The highest BCUT2D eigenvalue weighted by Crippen LogP contribution is 2.36. The van der Waals surface area contributed by atoms with Crippen molar-refractivity contribution >= 4 is 12.6 Å². The standard InChI is InChI=1S/C19H30BNO2/c1-18(2)19(3,4)23-20(22-18)17-11-9-16(10-12-17)15-21-13-7-5-6-8-14-21/h9-12H,5-8,13-15H2,1-4H3. The summed E-state index contributed by atoms with van der Waals surface area (Å²) in [4.78, 5) is 2.58. The van der Waals surface area contributed by atoms with Crippen molar-refractivity contribution < 1.29 is 9.31 Å². The summed E-state index contributed by atoms with van der Waals surface area (Å²) < 4.78 is 12.2. The molecule has 0 spiro atoms. The predicted octanol–water partition coefficient (Wildman–Crippen LogP) is 3.36. The summed E-state index contributed by atoms with van der Waals surface area (Å²) >= 11 is 0. The van der Waals surface area contributed by atoms with Gasteiger partial charge in [-0.1, -0.05) is 37.1 Å². The lowest BCUT2D eigenvalue weighted by molar-refractivity contribution is 0.00578. The van der Waals surface area contributed by atoms with Gasteiger partial charge < -0.3 is 9.31 Å². The van der Waals surface area contributed by atoms with Gasteiger partial charge in [0, 0.05) is 6.54 Å². The van der Waals surface area contributed by atoms with Crippen LogP contribution < -0.4 is 5.46 Å². The van der Waals surface area contributed by atoms with Gasteiger partial charge in [-0.25, -0.2) is 0 Å².